The third-order valence-corrected chi connectivity index (χ3v) is 4.82. The Morgan fingerprint density at radius 1 is 1.10 bits per heavy atom. The third kappa shape index (κ3) is 2.87. The van der Waals surface area contributed by atoms with Crippen molar-refractivity contribution in [2.75, 3.05) is 0 Å². The van der Waals surface area contributed by atoms with Crippen LogP contribution < -0.4 is 5.73 Å². The summed E-state index contributed by atoms with van der Waals surface area (Å²) in [6.45, 7) is 2.03. The largest absolute Gasteiger partial charge is 0.324 e. The number of benzene rings is 2. The maximum Gasteiger partial charge on any atom is 0.0595 e. The summed E-state index contributed by atoms with van der Waals surface area (Å²) in [4.78, 5) is 0. The monoisotopic (exact) mass is 317 g/mol. The van der Waals surface area contributed by atoms with E-state index in [9.17, 15) is 0 Å². The highest BCUT2D eigenvalue weighted by atomic mass is 35.5. The Hall–Kier alpha value is -1.28. The first-order chi connectivity index (χ1) is 10.1. The molecule has 0 aromatic heterocycles. The summed E-state index contributed by atoms with van der Waals surface area (Å²) in [7, 11) is 0. The summed E-state index contributed by atoms with van der Waals surface area (Å²) >= 11 is 12.2. The fraction of sp³-hybridized carbons (Fsp3) is 0.222. The highest BCUT2D eigenvalue weighted by Gasteiger charge is 2.24. The fourth-order valence-electron chi connectivity index (χ4n) is 2.91. The molecule has 0 saturated heterocycles. The van der Waals surface area contributed by atoms with Crippen molar-refractivity contribution in [3.8, 4) is 0 Å². The first kappa shape index (κ1) is 14.6. The normalized spacial score (nSPS) is 18.9. The zero-order valence-corrected chi connectivity index (χ0v) is 13.3. The predicted molar refractivity (Wildman–Crippen MR) is 91.0 cm³/mol. The van der Waals surface area contributed by atoms with Gasteiger partial charge in [0.1, 0.15) is 0 Å². The Morgan fingerprint density at radius 2 is 1.86 bits per heavy atom. The Bertz CT molecular complexity index is 704. The molecule has 0 bridgehead atoms. The first-order valence-corrected chi connectivity index (χ1v) is 7.82. The van der Waals surface area contributed by atoms with Gasteiger partial charge in [-0.25, -0.2) is 0 Å². The molecule has 3 heteroatoms. The first-order valence-electron chi connectivity index (χ1n) is 7.06. The molecular formula is C18H17Cl2N. The van der Waals surface area contributed by atoms with E-state index in [1.54, 1.807) is 0 Å². The van der Waals surface area contributed by atoms with Crippen LogP contribution in [0.2, 0.25) is 10.0 Å². The molecule has 1 nitrogen and oxygen atoms in total. The number of fused-ring (bicyclic) bond motifs is 1. The van der Waals surface area contributed by atoms with Gasteiger partial charge in [0.25, 0.3) is 0 Å². The Morgan fingerprint density at radius 3 is 2.57 bits per heavy atom. The highest BCUT2D eigenvalue weighted by Crippen LogP contribution is 2.40. The van der Waals surface area contributed by atoms with Crippen LogP contribution in [-0.2, 0) is 0 Å². The number of nitrogens with two attached hydrogens (primary N) is 1. The lowest BCUT2D eigenvalue weighted by molar-refractivity contribution is 0.714. The van der Waals surface area contributed by atoms with Crippen LogP contribution in [0.4, 0.5) is 0 Å². The molecule has 2 aromatic rings. The zero-order valence-electron chi connectivity index (χ0n) is 11.8. The lowest BCUT2D eigenvalue weighted by Gasteiger charge is -2.28. The van der Waals surface area contributed by atoms with E-state index in [1.807, 2.05) is 19.1 Å². The highest BCUT2D eigenvalue weighted by molar-refractivity contribution is 6.42. The minimum atomic E-state index is 0.0589. The van der Waals surface area contributed by atoms with E-state index in [1.165, 1.54) is 22.3 Å². The molecule has 0 amide bonds. The lowest BCUT2D eigenvalue weighted by atomic mass is 9.78. The molecular weight excluding hydrogens is 301 g/mol. The summed E-state index contributed by atoms with van der Waals surface area (Å²) in [5, 5.41) is 1.19. The van der Waals surface area contributed by atoms with Gasteiger partial charge in [0.2, 0.25) is 0 Å². The van der Waals surface area contributed by atoms with Crippen LogP contribution >= 0.6 is 23.2 Å². The summed E-state index contributed by atoms with van der Waals surface area (Å²) in [5.41, 5.74) is 11.1. The lowest BCUT2D eigenvalue weighted by Crippen LogP contribution is -2.22. The fourth-order valence-corrected chi connectivity index (χ4v) is 3.21. The second kappa shape index (κ2) is 5.84. The van der Waals surface area contributed by atoms with E-state index in [0.29, 0.717) is 10.0 Å². The van der Waals surface area contributed by atoms with Crippen LogP contribution in [0.1, 0.15) is 36.0 Å². The minimum absolute atomic E-state index is 0.0589. The van der Waals surface area contributed by atoms with Crippen molar-refractivity contribution in [1.82, 2.24) is 0 Å². The Kier molecular flexibility index (Phi) is 4.08. The van der Waals surface area contributed by atoms with Crippen molar-refractivity contribution >= 4 is 29.3 Å². The molecule has 3 rings (SSSR count). The molecule has 0 heterocycles. The van der Waals surface area contributed by atoms with Crippen LogP contribution in [0.25, 0.3) is 6.08 Å². The van der Waals surface area contributed by atoms with Crippen molar-refractivity contribution in [2.45, 2.75) is 25.3 Å². The maximum absolute atomic E-state index is 6.19. The summed E-state index contributed by atoms with van der Waals surface area (Å²) in [6.07, 6.45) is 3.14. The third-order valence-electron chi connectivity index (χ3n) is 4.08. The number of hydrogen-bond donors (Lipinski definition) is 1. The molecule has 2 N–H and O–H groups in total. The molecule has 0 fully saturated rings. The molecule has 1 unspecified atom stereocenters. The molecule has 2 atom stereocenters. The van der Waals surface area contributed by atoms with Crippen LogP contribution in [-0.4, -0.2) is 6.04 Å². The number of hydrogen-bond acceptors (Lipinski definition) is 1. The summed E-state index contributed by atoms with van der Waals surface area (Å²) < 4.78 is 0. The van der Waals surface area contributed by atoms with E-state index < -0.39 is 0 Å². The molecule has 0 spiro atoms. The van der Waals surface area contributed by atoms with Crippen LogP contribution in [0.5, 0.6) is 0 Å². The topological polar surface area (TPSA) is 26.0 Å². The second-order valence-corrected chi connectivity index (χ2v) is 6.38. The van der Waals surface area contributed by atoms with Crippen molar-refractivity contribution in [3.63, 3.8) is 0 Å². The van der Waals surface area contributed by atoms with E-state index >= 15 is 0 Å². The zero-order chi connectivity index (χ0) is 15.0. The smallest absolute Gasteiger partial charge is 0.0595 e. The van der Waals surface area contributed by atoms with Gasteiger partial charge in [-0.1, -0.05) is 65.2 Å². The Labute approximate surface area is 135 Å². The van der Waals surface area contributed by atoms with Gasteiger partial charge in [0, 0.05) is 12.0 Å². The average molecular weight is 318 g/mol. The van der Waals surface area contributed by atoms with Gasteiger partial charge in [-0.05, 0) is 42.2 Å². The molecule has 1 aliphatic carbocycles. The van der Waals surface area contributed by atoms with Crippen molar-refractivity contribution in [1.29, 1.82) is 0 Å². The Balaban J connectivity index is 2.10. The maximum atomic E-state index is 6.19. The van der Waals surface area contributed by atoms with Crippen LogP contribution in [0, 0.1) is 0 Å². The molecule has 0 radical (unpaired) electrons. The van der Waals surface area contributed by atoms with Gasteiger partial charge in [-0.2, -0.15) is 0 Å². The van der Waals surface area contributed by atoms with Gasteiger partial charge in [0.15, 0.2) is 0 Å². The second-order valence-electron chi connectivity index (χ2n) is 5.57. The molecule has 108 valence electrons. The summed E-state index contributed by atoms with van der Waals surface area (Å²) in [6, 6.07) is 14.4. The quantitative estimate of drug-likeness (QED) is 0.803. The average Bonchev–Trinajstić information content (AvgIpc) is 2.49. The van der Waals surface area contributed by atoms with E-state index in [-0.39, 0.29) is 12.0 Å². The van der Waals surface area contributed by atoms with Crippen LogP contribution in [0.3, 0.4) is 0 Å². The van der Waals surface area contributed by atoms with Crippen LogP contribution in [0.15, 0.2) is 48.0 Å². The number of rotatable bonds is 2. The van der Waals surface area contributed by atoms with Gasteiger partial charge in [0.05, 0.1) is 10.0 Å². The van der Waals surface area contributed by atoms with E-state index in [0.717, 1.165) is 6.42 Å². The molecule has 0 saturated carbocycles. The molecule has 21 heavy (non-hydrogen) atoms. The minimum Gasteiger partial charge on any atom is -0.324 e. The molecule has 1 aliphatic rings. The molecule has 0 aliphatic heterocycles. The van der Waals surface area contributed by atoms with Gasteiger partial charge in [-0.15, -0.1) is 0 Å². The predicted octanol–water partition coefficient (Wildman–Crippen LogP) is 5.26. The number of halogens is 2. The van der Waals surface area contributed by atoms with Gasteiger partial charge < -0.3 is 5.73 Å². The van der Waals surface area contributed by atoms with E-state index in [4.69, 9.17) is 28.9 Å². The van der Waals surface area contributed by atoms with Gasteiger partial charge >= 0.3 is 0 Å². The van der Waals surface area contributed by atoms with E-state index in [2.05, 4.69) is 36.4 Å². The van der Waals surface area contributed by atoms with Crippen molar-refractivity contribution < 1.29 is 0 Å². The standard InChI is InChI=1S/C18H17Cl2N/c1-11(21)14-8-12-4-2-3-5-15(12)16(9-14)13-6-7-17(19)18(20)10-13/h2-8,10-11,16H,9,21H2,1H3/t11?,16-/m0/s1. The SMILES string of the molecule is CC(N)C1=Cc2ccccc2[C@H](c2ccc(Cl)c(Cl)c2)C1. The van der Waals surface area contributed by atoms with Crippen molar-refractivity contribution in [2.24, 2.45) is 5.73 Å². The van der Waals surface area contributed by atoms with Gasteiger partial charge in [-0.3, -0.25) is 0 Å². The van der Waals surface area contributed by atoms with Crippen molar-refractivity contribution in [3.05, 3.63) is 74.8 Å². The molecule has 2 aromatic carbocycles. The summed E-state index contributed by atoms with van der Waals surface area (Å²) in [5.74, 6) is 0.280.